The standard InChI is InChI=1S/C29H37FO2/c1-19(31)24-10-11-25-23-9-6-21-18-29(32,15-12-20-4-7-22(30)8-5-20)17-16-27(21,2)26(23)13-14-28(24,25)3/h4-5,7-8,21,23-26,32H,6,9-11,13-14,16-18H2,1-3H3/t21?,23-,24+,25-,26-,27-,28+,29?/m0/s1. The number of fused-ring (bicyclic) bond motifs is 5. The second kappa shape index (κ2) is 7.69. The van der Waals surface area contributed by atoms with Crippen LogP contribution in [0.1, 0.15) is 84.1 Å². The molecule has 1 N–H and O–H groups in total. The molecule has 1 aromatic carbocycles. The van der Waals surface area contributed by atoms with Gasteiger partial charge < -0.3 is 5.11 Å². The summed E-state index contributed by atoms with van der Waals surface area (Å²) < 4.78 is 13.2. The van der Waals surface area contributed by atoms with Crippen molar-refractivity contribution in [3.8, 4) is 11.8 Å². The van der Waals surface area contributed by atoms with Crippen LogP contribution < -0.4 is 0 Å². The van der Waals surface area contributed by atoms with Crippen molar-refractivity contribution in [2.75, 3.05) is 0 Å². The van der Waals surface area contributed by atoms with E-state index in [0.29, 0.717) is 23.5 Å². The summed E-state index contributed by atoms with van der Waals surface area (Å²) in [5.74, 6) is 9.28. The molecule has 5 rings (SSSR count). The van der Waals surface area contributed by atoms with Gasteiger partial charge in [0.15, 0.2) is 0 Å². The number of ketones is 1. The first-order chi connectivity index (χ1) is 15.1. The third kappa shape index (κ3) is 3.45. The fraction of sp³-hybridized carbons (Fsp3) is 0.690. The Kier molecular flexibility index (Phi) is 5.33. The van der Waals surface area contributed by atoms with Crippen molar-refractivity contribution >= 4 is 5.78 Å². The lowest BCUT2D eigenvalue weighted by Gasteiger charge is -2.61. The Bertz CT molecular complexity index is 958. The molecular formula is C29H37FO2. The number of aliphatic hydroxyl groups is 1. The van der Waals surface area contributed by atoms with Gasteiger partial charge in [-0.05, 0) is 123 Å². The first-order valence-electron chi connectivity index (χ1n) is 12.7. The van der Waals surface area contributed by atoms with E-state index in [0.717, 1.165) is 43.6 Å². The number of hydrogen-bond donors (Lipinski definition) is 1. The van der Waals surface area contributed by atoms with E-state index in [-0.39, 0.29) is 22.6 Å². The summed E-state index contributed by atoms with van der Waals surface area (Å²) in [6.45, 7) is 6.70. The van der Waals surface area contributed by atoms with Crippen molar-refractivity contribution in [3.63, 3.8) is 0 Å². The smallest absolute Gasteiger partial charge is 0.133 e. The quantitative estimate of drug-likeness (QED) is 0.536. The molecule has 4 fully saturated rings. The second-order valence-corrected chi connectivity index (χ2v) is 11.9. The Morgan fingerprint density at radius 2 is 1.69 bits per heavy atom. The molecule has 172 valence electrons. The maximum absolute atomic E-state index is 13.2. The number of benzene rings is 1. The Labute approximate surface area is 192 Å². The molecule has 4 saturated carbocycles. The van der Waals surface area contributed by atoms with Gasteiger partial charge in [-0.25, -0.2) is 4.39 Å². The van der Waals surface area contributed by atoms with Gasteiger partial charge in [0.2, 0.25) is 0 Å². The molecule has 0 bridgehead atoms. The molecule has 4 aliphatic carbocycles. The summed E-state index contributed by atoms with van der Waals surface area (Å²) in [6.07, 6.45) is 9.59. The van der Waals surface area contributed by atoms with E-state index in [1.54, 1.807) is 19.1 Å². The molecule has 0 radical (unpaired) electrons. The van der Waals surface area contributed by atoms with E-state index < -0.39 is 5.60 Å². The SMILES string of the molecule is CC(=O)[C@H]1CC[C@H]2[C@@H]3CCC4CC(O)(C#Cc5ccc(F)cc5)CC[C@]4(C)[C@H]3CC[C@]12C. The van der Waals surface area contributed by atoms with E-state index in [2.05, 4.69) is 25.7 Å². The predicted octanol–water partition coefficient (Wildman–Crippen LogP) is 6.16. The third-order valence-corrected chi connectivity index (χ3v) is 10.5. The number of hydrogen-bond acceptors (Lipinski definition) is 2. The fourth-order valence-corrected chi connectivity index (χ4v) is 8.75. The van der Waals surface area contributed by atoms with Gasteiger partial charge in [0.25, 0.3) is 0 Å². The highest BCUT2D eigenvalue weighted by Crippen LogP contribution is 2.68. The molecule has 1 aromatic rings. The van der Waals surface area contributed by atoms with Gasteiger partial charge >= 0.3 is 0 Å². The van der Waals surface area contributed by atoms with E-state index in [9.17, 15) is 14.3 Å². The maximum atomic E-state index is 13.2. The van der Waals surface area contributed by atoms with Gasteiger partial charge in [0.05, 0.1) is 0 Å². The van der Waals surface area contributed by atoms with E-state index in [4.69, 9.17) is 0 Å². The van der Waals surface area contributed by atoms with Crippen LogP contribution in [0.5, 0.6) is 0 Å². The third-order valence-electron chi connectivity index (χ3n) is 10.5. The fourth-order valence-electron chi connectivity index (χ4n) is 8.75. The number of carbonyl (C=O) groups is 1. The van der Waals surface area contributed by atoms with Crippen molar-refractivity contribution in [2.24, 2.45) is 40.4 Å². The van der Waals surface area contributed by atoms with Gasteiger partial charge in [-0.3, -0.25) is 4.79 Å². The second-order valence-electron chi connectivity index (χ2n) is 11.9. The van der Waals surface area contributed by atoms with Crippen molar-refractivity contribution in [3.05, 3.63) is 35.6 Å². The Morgan fingerprint density at radius 3 is 2.41 bits per heavy atom. The molecule has 0 spiro atoms. The van der Waals surface area contributed by atoms with Gasteiger partial charge in [0, 0.05) is 11.5 Å². The van der Waals surface area contributed by atoms with Gasteiger partial charge in [0.1, 0.15) is 17.2 Å². The largest absolute Gasteiger partial charge is 0.378 e. The monoisotopic (exact) mass is 436 g/mol. The van der Waals surface area contributed by atoms with Crippen molar-refractivity contribution in [2.45, 2.75) is 84.2 Å². The van der Waals surface area contributed by atoms with Gasteiger partial charge in [-0.2, -0.15) is 0 Å². The van der Waals surface area contributed by atoms with Crippen LogP contribution in [-0.2, 0) is 4.79 Å². The minimum absolute atomic E-state index is 0.201. The Balaban J connectivity index is 1.34. The van der Waals surface area contributed by atoms with Crippen LogP contribution in [0.2, 0.25) is 0 Å². The summed E-state index contributed by atoms with van der Waals surface area (Å²) in [4.78, 5) is 12.4. The van der Waals surface area contributed by atoms with Gasteiger partial charge in [-0.15, -0.1) is 0 Å². The number of carbonyl (C=O) groups excluding carboxylic acids is 1. The lowest BCUT2D eigenvalue weighted by atomic mass is 9.44. The normalized spacial score (nSPS) is 45.1. The molecular weight excluding hydrogens is 399 g/mol. The number of Topliss-reactive ketones (excluding diaryl/α,β-unsaturated/α-hetero) is 1. The van der Waals surface area contributed by atoms with Crippen LogP contribution in [0.25, 0.3) is 0 Å². The highest BCUT2D eigenvalue weighted by atomic mass is 19.1. The lowest BCUT2D eigenvalue weighted by molar-refractivity contribution is -0.144. The van der Waals surface area contributed by atoms with Crippen LogP contribution in [0.3, 0.4) is 0 Å². The summed E-state index contributed by atoms with van der Waals surface area (Å²) in [7, 11) is 0. The Morgan fingerprint density at radius 1 is 0.969 bits per heavy atom. The first kappa shape index (κ1) is 22.1. The van der Waals surface area contributed by atoms with Crippen molar-refractivity contribution in [1.82, 2.24) is 0 Å². The van der Waals surface area contributed by atoms with Crippen LogP contribution in [0.15, 0.2) is 24.3 Å². The molecule has 2 nitrogen and oxygen atoms in total. The predicted molar refractivity (Wildman–Crippen MR) is 124 cm³/mol. The molecule has 8 atom stereocenters. The summed E-state index contributed by atoms with van der Waals surface area (Å²) in [5.41, 5.74) is 0.278. The molecule has 4 aliphatic rings. The molecule has 0 saturated heterocycles. The van der Waals surface area contributed by atoms with E-state index in [1.165, 1.54) is 37.8 Å². The van der Waals surface area contributed by atoms with Crippen LogP contribution in [0, 0.1) is 58.1 Å². The van der Waals surface area contributed by atoms with Crippen LogP contribution in [-0.4, -0.2) is 16.5 Å². The minimum Gasteiger partial charge on any atom is -0.378 e. The van der Waals surface area contributed by atoms with Gasteiger partial charge in [-0.1, -0.05) is 25.7 Å². The van der Waals surface area contributed by atoms with Crippen LogP contribution >= 0.6 is 0 Å². The summed E-state index contributed by atoms with van der Waals surface area (Å²) in [6, 6.07) is 6.20. The summed E-state index contributed by atoms with van der Waals surface area (Å²) >= 11 is 0. The molecule has 2 unspecified atom stereocenters. The molecule has 32 heavy (non-hydrogen) atoms. The zero-order valence-corrected chi connectivity index (χ0v) is 19.8. The molecule has 3 heteroatoms. The number of halogens is 1. The molecule has 0 aromatic heterocycles. The Hall–Kier alpha value is -1.66. The van der Waals surface area contributed by atoms with Crippen molar-refractivity contribution in [1.29, 1.82) is 0 Å². The molecule has 0 amide bonds. The lowest BCUT2D eigenvalue weighted by Crippen LogP contribution is -2.56. The highest BCUT2D eigenvalue weighted by molar-refractivity contribution is 5.79. The zero-order valence-electron chi connectivity index (χ0n) is 19.8. The average Bonchev–Trinajstić information content (AvgIpc) is 3.12. The van der Waals surface area contributed by atoms with Crippen LogP contribution in [0.4, 0.5) is 4.39 Å². The van der Waals surface area contributed by atoms with E-state index >= 15 is 0 Å². The van der Waals surface area contributed by atoms with Crippen molar-refractivity contribution < 1.29 is 14.3 Å². The topological polar surface area (TPSA) is 37.3 Å². The zero-order chi connectivity index (χ0) is 22.7. The molecule has 0 heterocycles. The minimum atomic E-state index is -0.943. The maximum Gasteiger partial charge on any atom is 0.133 e. The first-order valence-corrected chi connectivity index (χ1v) is 12.7. The summed E-state index contributed by atoms with van der Waals surface area (Å²) in [5, 5.41) is 11.3. The average molecular weight is 437 g/mol. The number of rotatable bonds is 1. The molecule has 0 aliphatic heterocycles. The highest BCUT2D eigenvalue weighted by Gasteiger charge is 2.61. The van der Waals surface area contributed by atoms with E-state index in [1.807, 2.05) is 0 Å².